The number of fused-ring (bicyclic) bond motifs is 1. The zero-order valence-electron chi connectivity index (χ0n) is 8.32. The average Bonchev–Trinajstić information content (AvgIpc) is 2.52. The summed E-state index contributed by atoms with van der Waals surface area (Å²) < 4.78 is 1.51. The molecule has 0 radical (unpaired) electrons. The average molecular weight is 214 g/mol. The first-order valence-corrected chi connectivity index (χ1v) is 4.70. The molecule has 0 aliphatic rings. The molecule has 0 amide bonds. The highest BCUT2D eigenvalue weighted by Crippen LogP contribution is 2.14. The number of hydrogen-bond acceptors (Lipinski definition) is 4. The van der Waals surface area contributed by atoms with Crippen LogP contribution in [0.4, 0.5) is 5.69 Å². The number of nitrogen functional groups attached to an aromatic ring is 1. The fourth-order valence-electron chi connectivity index (χ4n) is 0.975. The minimum atomic E-state index is 0.336. The van der Waals surface area contributed by atoms with Gasteiger partial charge in [-0.05, 0) is 6.92 Å². The standard InChI is InChI=1S/C6H6ClN5.C2H6/c1-3-9-10-6-4(8)2-5(7)11-12(3)6;1-2/h2H,8H2,1H3;1-2H3. The van der Waals surface area contributed by atoms with Crippen molar-refractivity contribution in [2.24, 2.45) is 0 Å². The Bertz CT molecular complexity index is 436. The van der Waals surface area contributed by atoms with Crippen molar-refractivity contribution < 1.29 is 0 Å². The van der Waals surface area contributed by atoms with E-state index < -0.39 is 0 Å². The number of rotatable bonds is 0. The Balaban J connectivity index is 0.000000461. The van der Waals surface area contributed by atoms with Crippen LogP contribution in [0.2, 0.25) is 5.15 Å². The largest absolute Gasteiger partial charge is 0.396 e. The van der Waals surface area contributed by atoms with E-state index in [9.17, 15) is 0 Å². The minimum Gasteiger partial charge on any atom is -0.396 e. The van der Waals surface area contributed by atoms with Gasteiger partial charge in [0.15, 0.2) is 11.0 Å². The summed E-state index contributed by atoms with van der Waals surface area (Å²) in [5.41, 5.74) is 6.64. The lowest BCUT2D eigenvalue weighted by molar-refractivity contribution is 0.876. The highest BCUT2D eigenvalue weighted by atomic mass is 35.5. The number of aryl methyl sites for hydroxylation is 1. The van der Waals surface area contributed by atoms with Gasteiger partial charge in [0.25, 0.3) is 0 Å². The molecule has 6 heteroatoms. The first kappa shape index (κ1) is 10.7. The summed E-state index contributed by atoms with van der Waals surface area (Å²) in [4.78, 5) is 0. The van der Waals surface area contributed by atoms with Crippen LogP contribution in [0.3, 0.4) is 0 Å². The van der Waals surface area contributed by atoms with Gasteiger partial charge < -0.3 is 5.73 Å². The van der Waals surface area contributed by atoms with Crippen LogP contribution in [0.1, 0.15) is 19.7 Å². The van der Waals surface area contributed by atoms with Crippen molar-refractivity contribution in [3.8, 4) is 0 Å². The van der Waals surface area contributed by atoms with Gasteiger partial charge in [-0.3, -0.25) is 0 Å². The quantitative estimate of drug-likeness (QED) is 0.723. The van der Waals surface area contributed by atoms with E-state index in [0.717, 1.165) is 0 Å². The molecule has 2 rings (SSSR count). The Hall–Kier alpha value is -1.36. The maximum Gasteiger partial charge on any atom is 0.200 e. The lowest BCUT2D eigenvalue weighted by Gasteiger charge is -1.96. The van der Waals surface area contributed by atoms with E-state index in [1.807, 2.05) is 13.8 Å². The van der Waals surface area contributed by atoms with Crippen molar-refractivity contribution in [1.82, 2.24) is 19.8 Å². The second-order valence-corrected chi connectivity index (χ2v) is 2.79. The van der Waals surface area contributed by atoms with Crippen LogP contribution in [0, 0.1) is 6.92 Å². The predicted octanol–water partition coefficient (Wildman–Crippen LogP) is 1.69. The monoisotopic (exact) mass is 213 g/mol. The van der Waals surface area contributed by atoms with Gasteiger partial charge in [-0.2, -0.15) is 9.61 Å². The van der Waals surface area contributed by atoms with E-state index >= 15 is 0 Å². The van der Waals surface area contributed by atoms with Crippen molar-refractivity contribution in [1.29, 1.82) is 0 Å². The lowest BCUT2D eigenvalue weighted by atomic mass is 10.5. The Labute approximate surface area is 86.9 Å². The molecule has 0 bridgehead atoms. The summed E-state index contributed by atoms with van der Waals surface area (Å²) in [5, 5.41) is 11.9. The first-order valence-electron chi connectivity index (χ1n) is 4.32. The van der Waals surface area contributed by atoms with Gasteiger partial charge in [0, 0.05) is 6.07 Å². The van der Waals surface area contributed by atoms with Gasteiger partial charge in [0.05, 0.1) is 5.69 Å². The number of nitrogens with two attached hydrogens (primary N) is 1. The molecule has 0 aromatic carbocycles. The van der Waals surface area contributed by atoms with Gasteiger partial charge in [-0.15, -0.1) is 10.2 Å². The summed E-state index contributed by atoms with van der Waals surface area (Å²) >= 11 is 5.69. The molecular formula is C8H12ClN5. The van der Waals surface area contributed by atoms with Gasteiger partial charge in [0.2, 0.25) is 5.65 Å². The summed E-state index contributed by atoms with van der Waals surface area (Å²) in [7, 11) is 0. The van der Waals surface area contributed by atoms with Crippen LogP contribution >= 0.6 is 11.6 Å². The lowest BCUT2D eigenvalue weighted by Crippen LogP contribution is -1.98. The normalized spacial score (nSPS) is 9.71. The Morgan fingerprint density at radius 1 is 1.36 bits per heavy atom. The number of anilines is 1. The van der Waals surface area contributed by atoms with Crippen molar-refractivity contribution in [3.05, 3.63) is 17.0 Å². The minimum absolute atomic E-state index is 0.336. The molecule has 2 heterocycles. The Morgan fingerprint density at radius 2 is 2.00 bits per heavy atom. The Morgan fingerprint density at radius 3 is 2.64 bits per heavy atom. The van der Waals surface area contributed by atoms with E-state index in [-0.39, 0.29) is 0 Å². The molecule has 14 heavy (non-hydrogen) atoms. The van der Waals surface area contributed by atoms with Gasteiger partial charge >= 0.3 is 0 Å². The molecule has 0 saturated carbocycles. The molecule has 0 saturated heterocycles. The molecule has 5 nitrogen and oxygen atoms in total. The summed E-state index contributed by atoms with van der Waals surface area (Å²) in [6.45, 7) is 5.78. The summed E-state index contributed by atoms with van der Waals surface area (Å²) in [5.74, 6) is 0.666. The van der Waals surface area contributed by atoms with Crippen molar-refractivity contribution in [2.75, 3.05) is 5.73 Å². The molecule has 0 spiro atoms. The molecule has 0 aliphatic heterocycles. The van der Waals surface area contributed by atoms with Crippen LogP contribution in [0.15, 0.2) is 6.07 Å². The smallest absolute Gasteiger partial charge is 0.200 e. The molecule has 2 aromatic rings. The predicted molar refractivity (Wildman–Crippen MR) is 56.3 cm³/mol. The van der Waals surface area contributed by atoms with Crippen LogP contribution in [-0.2, 0) is 0 Å². The third-order valence-corrected chi connectivity index (χ3v) is 1.71. The zero-order valence-corrected chi connectivity index (χ0v) is 9.08. The molecule has 2 aromatic heterocycles. The van der Waals surface area contributed by atoms with Crippen LogP contribution in [0.5, 0.6) is 0 Å². The van der Waals surface area contributed by atoms with E-state index in [2.05, 4.69) is 15.3 Å². The summed E-state index contributed by atoms with van der Waals surface area (Å²) in [6.07, 6.45) is 0. The summed E-state index contributed by atoms with van der Waals surface area (Å²) in [6, 6.07) is 1.55. The fraction of sp³-hybridized carbons (Fsp3) is 0.375. The van der Waals surface area contributed by atoms with E-state index in [1.54, 1.807) is 13.0 Å². The SMILES string of the molecule is CC.Cc1nnc2c(N)cc(Cl)nn12. The molecule has 2 N–H and O–H groups in total. The third kappa shape index (κ3) is 1.77. The van der Waals surface area contributed by atoms with Crippen molar-refractivity contribution >= 4 is 22.9 Å². The van der Waals surface area contributed by atoms with Gasteiger partial charge in [-0.1, -0.05) is 25.4 Å². The number of nitrogens with zero attached hydrogens (tertiary/aromatic N) is 4. The highest BCUT2D eigenvalue weighted by Gasteiger charge is 2.06. The van der Waals surface area contributed by atoms with Gasteiger partial charge in [-0.25, -0.2) is 0 Å². The van der Waals surface area contributed by atoms with Crippen LogP contribution in [-0.4, -0.2) is 19.8 Å². The number of halogens is 1. The van der Waals surface area contributed by atoms with Crippen LogP contribution < -0.4 is 5.73 Å². The van der Waals surface area contributed by atoms with Gasteiger partial charge in [0.1, 0.15) is 0 Å². The molecular weight excluding hydrogens is 202 g/mol. The van der Waals surface area contributed by atoms with E-state index in [0.29, 0.717) is 22.3 Å². The highest BCUT2D eigenvalue weighted by molar-refractivity contribution is 6.29. The zero-order chi connectivity index (χ0) is 10.7. The fourth-order valence-corrected chi connectivity index (χ4v) is 1.17. The topological polar surface area (TPSA) is 69.1 Å². The van der Waals surface area contributed by atoms with Crippen molar-refractivity contribution in [3.63, 3.8) is 0 Å². The van der Waals surface area contributed by atoms with E-state index in [4.69, 9.17) is 17.3 Å². The number of hydrogen-bond donors (Lipinski definition) is 1. The first-order chi connectivity index (χ1) is 6.68. The molecule has 0 unspecified atom stereocenters. The van der Waals surface area contributed by atoms with E-state index in [1.165, 1.54) is 4.52 Å². The molecule has 0 aliphatic carbocycles. The van der Waals surface area contributed by atoms with Crippen molar-refractivity contribution in [2.45, 2.75) is 20.8 Å². The maximum atomic E-state index is 5.69. The van der Waals surface area contributed by atoms with Crippen LogP contribution in [0.25, 0.3) is 5.65 Å². The maximum absolute atomic E-state index is 5.69. The second kappa shape index (κ2) is 4.23. The second-order valence-electron chi connectivity index (χ2n) is 2.41. The molecule has 0 atom stereocenters. The molecule has 0 fully saturated rings. The number of aromatic nitrogens is 4. The molecule has 76 valence electrons. The third-order valence-electron chi connectivity index (χ3n) is 1.52. The Kier molecular flexibility index (Phi) is 3.24.